The maximum atomic E-state index is 13.3. The van der Waals surface area contributed by atoms with E-state index in [0.717, 1.165) is 4.47 Å². The predicted octanol–water partition coefficient (Wildman–Crippen LogP) is 4.30. The van der Waals surface area contributed by atoms with Crippen molar-refractivity contribution < 1.29 is 9.18 Å². The topological polar surface area (TPSA) is 20.3 Å². The van der Waals surface area contributed by atoms with Gasteiger partial charge in [-0.05, 0) is 31.2 Å². The lowest BCUT2D eigenvalue weighted by Gasteiger charge is -2.22. The number of benzene rings is 2. The number of rotatable bonds is 5. The first kappa shape index (κ1) is 14.7. The minimum atomic E-state index is -0.297. The van der Waals surface area contributed by atoms with Gasteiger partial charge in [-0.2, -0.15) is 0 Å². The number of carbonyl (C=O) groups is 1. The van der Waals surface area contributed by atoms with Crippen LogP contribution in [0.25, 0.3) is 0 Å². The molecule has 0 aliphatic carbocycles. The number of anilines is 1. The molecule has 2 aromatic rings. The molecule has 0 spiro atoms. The van der Waals surface area contributed by atoms with Gasteiger partial charge in [0.2, 0.25) is 0 Å². The van der Waals surface area contributed by atoms with Crippen LogP contribution < -0.4 is 4.90 Å². The Morgan fingerprint density at radius 1 is 1.20 bits per heavy atom. The molecule has 0 N–H and O–H groups in total. The third-order valence-corrected chi connectivity index (χ3v) is 3.76. The second-order valence-electron chi connectivity index (χ2n) is 4.40. The van der Waals surface area contributed by atoms with E-state index in [1.165, 1.54) is 12.1 Å². The van der Waals surface area contributed by atoms with Gasteiger partial charge in [-0.1, -0.05) is 40.2 Å². The van der Waals surface area contributed by atoms with Gasteiger partial charge >= 0.3 is 0 Å². The lowest BCUT2D eigenvalue weighted by atomic mass is 10.1. The average molecular weight is 336 g/mol. The van der Waals surface area contributed by atoms with E-state index in [9.17, 15) is 9.18 Å². The molecule has 0 heterocycles. The van der Waals surface area contributed by atoms with Crippen molar-refractivity contribution in [2.45, 2.75) is 6.92 Å². The van der Waals surface area contributed by atoms with Crippen molar-refractivity contribution in [3.05, 3.63) is 64.4 Å². The Morgan fingerprint density at radius 3 is 2.60 bits per heavy atom. The summed E-state index contributed by atoms with van der Waals surface area (Å²) in [5, 5.41) is 0. The van der Waals surface area contributed by atoms with E-state index in [-0.39, 0.29) is 18.1 Å². The van der Waals surface area contributed by atoms with E-state index >= 15 is 0 Å². The van der Waals surface area contributed by atoms with E-state index in [1.54, 1.807) is 18.2 Å². The Kier molecular flexibility index (Phi) is 4.90. The number of hydrogen-bond acceptors (Lipinski definition) is 2. The number of ketones is 1. The molecule has 0 saturated heterocycles. The monoisotopic (exact) mass is 335 g/mol. The van der Waals surface area contributed by atoms with E-state index < -0.39 is 0 Å². The first-order chi connectivity index (χ1) is 9.61. The van der Waals surface area contributed by atoms with Gasteiger partial charge in [-0.3, -0.25) is 4.79 Å². The number of likely N-dealkylation sites (N-methyl/N-ethyl adjacent to an activating group) is 1. The van der Waals surface area contributed by atoms with Crippen molar-refractivity contribution in [2.75, 3.05) is 18.0 Å². The van der Waals surface area contributed by atoms with Crippen LogP contribution >= 0.6 is 15.9 Å². The fraction of sp³-hybridized carbons (Fsp3) is 0.188. The highest BCUT2D eigenvalue weighted by molar-refractivity contribution is 9.10. The van der Waals surface area contributed by atoms with Crippen LogP contribution in [0.5, 0.6) is 0 Å². The van der Waals surface area contributed by atoms with Gasteiger partial charge in [0.15, 0.2) is 5.78 Å². The second-order valence-corrected chi connectivity index (χ2v) is 5.25. The van der Waals surface area contributed by atoms with Crippen molar-refractivity contribution in [2.24, 2.45) is 0 Å². The summed E-state index contributed by atoms with van der Waals surface area (Å²) in [6.45, 7) is 2.81. The Balaban J connectivity index is 2.19. The Bertz CT molecular complexity index is 615. The number of carbonyl (C=O) groups excluding carboxylic acids is 1. The molecule has 4 heteroatoms. The van der Waals surface area contributed by atoms with E-state index in [4.69, 9.17) is 0 Å². The molecule has 0 atom stereocenters. The summed E-state index contributed by atoms with van der Waals surface area (Å²) in [4.78, 5) is 14.2. The summed E-state index contributed by atoms with van der Waals surface area (Å²) in [6, 6.07) is 13.6. The molecule has 104 valence electrons. The quantitative estimate of drug-likeness (QED) is 0.759. The van der Waals surface area contributed by atoms with Crippen LogP contribution in [-0.2, 0) is 0 Å². The molecule has 0 saturated carbocycles. The van der Waals surface area contributed by atoms with Crippen molar-refractivity contribution in [3.8, 4) is 0 Å². The molecule has 0 aliphatic heterocycles. The summed E-state index contributed by atoms with van der Waals surface area (Å²) < 4.78 is 14.0. The van der Waals surface area contributed by atoms with E-state index in [2.05, 4.69) is 15.9 Å². The highest BCUT2D eigenvalue weighted by atomic mass is 79.9. The molecule has 0 fully saturated rings. The molecule has 2 aromatic carbocycles. The van der Waals surface area contributed by atoms with Crippen molar-refractivity contribution in [1.29, 1.82) is 0 Å². The number of hydrogen-bond donors (Lipinski definition) is 0. The molecule has 0 unspecified atom stereocenters. The molecule has 0 aliphatic rings. The summed E-state index contributed by atoms with van der Waals surface area (Å²) >= 11 is 3.38. The van der Waals surface area contributed by atoms with Gasteiger partial charge < -0.3 is 4.90 Å². The highest BCUT2D eigenvalue weighted by Crippen LogP contribution is 2.19. The van der Waals surface area contributed by atoms with Crippen LogP contribution in [0, 0.1) is 5.82 Å². The van der Waals surface area contributed by atoms with Crippen LogP contribution in [0.1, 0.15) is 17.3 Å². The fourth-order valence-corrected chi connectivity index (χ4v) is 2.51. The minimum Gasteiger partial charge on any atom is -0.364 e. The van der Waals surface area contributed by atoms with Gasteiger partial charge in [0.25, 0.3) is 0 Å². The Labute approximate surface area is 126 Å². The van der Waals surface area contributed by atoms with Gasteiger partial charge in [0.1, 0.15) is 5.82 Å². The van der Waals surface area contributed by atoms with Crippen LogP contribution in [-0.4, -0.2) is 18.9 Å². The third kappa shape index (κ3) is 3.45. The number of Topliss-reactive ketones (excluding diaryl/α,β-unsaturated/α-hetero) is 1. The second kappa shape index (κ2) is 6.66. The van der Waals surface area contributed by atoms with Crippen molar-refractivity contribution in [1.82, 2.24) is 0 Å². The summed E-state index contributed by atoms with van der Waals surface area (Å²) in [5.74, 6) is -0.294. The lowest BCUT2D eigenvalue weighted by Crippen LogP contribution is -2.29. The summed E-state index contributed by atoms with van der Waals surface area (Å²) in [7, 11) is 0. The molecule has 2 nitrogen and oxygen atoms in total. The molecule has 0 bridgehead atoms. The van der Waals surface area contributed by atoms with Crippen LogP contribution in [0.15, 0.2) is 53.0 Å². The van der Waals surface area contributed by atoms with E-state index in [1.807, 2.05) is 30.0 Å². The molecule has 0 radical (unpaired) electrons. The van der Waals surface area contributed by atoms with Gasteiger partial charge in [-0.25, -0.2) is 4.39 Å². The van der Waals surface area contributed by atoms with Crippen molar-refractivity contribution in [3.63, 3.8) is 0 Å². The smallest absolute Gasteiger partial charge is 0.183 e. The summed E-state index contributed by atoms with van der Waals surface area (Å²) in [5.41, 5.74) is 1.36. The number of nitrogens with zero attached hydrogens (tertiary/aromatic N) is 1. The molecule has 0 aromatic heterocycles. The van der Waals surface area contributed by atoms with Crippen molar-refractivity contribution >= 4 is 27.4 Å². The largest absolute Gasteiger partial charge is 0.364 e. The van der Waals surface area contributed by atoms with Crippen LogP contribution in [0.2, 0.25) is 0 Å². The Morgan fingerprint density at radius 2 is 1.95 bits per heavy atom. The summed E-state index contributed by atoms with van der Waals surface area (Å²) in [6.07, 6.45) is 0. The molecule has 0 amide bonds. The van der Waals surface area contributed by atoms with Gasteiger partial charge in [-0.15, -0.1) is 0 Å². The zero-order valence-electron chi connectivity index (χ0n) is 11.1. The number of halogens is 2. The molecular formula is C16H15BrFNO. The van der Waals surface area contributed by atoms with E-state index in [0.29, 0.717) is 17.8 Å². The van der Waals surface area contributed by atoms with Crippen LogP contribution in [0.4, 0.5) is 10.1 Å². The fourth-order valence-electron chi connectivity index (χ4n) is 2.00. The normalized spacial score (nSPS) is 10.3. The standard InChI is InChI=1S/C16H15BrFNO/c1-2-19(13-7-5-6-12(18)10-13)11-16(20)14-8-3-4-9-15(14)17/h3-10H,2,11H2,1H3. The van der Waals surface area contributed by atoms with Crippen LogP contribution in [0.3, 0.4) is 0 Å². The first-order valence-electron chi connectivity index (χ1n) is 6.40. The SMILES string of the molecule is CCN(CC(=O)c1ccccc1Br)c1cccc(F)c1. The maximum absolute atomic E-state index is 13.3. The Hall–Kier alpha value is -1.68. The van der Waals surface area contributed by atoms with Gasteiger partial charge in [0, 0.05) is 22.3 Å². The average Bonchev–Trinajstić information content (AvgIpc) is 2.45. The molecule has 20 heavy (non-hydrogen) atoms. The minimum absolute atomic E-state index is 0.00332. The first-order valence-corrected chi connectivity index (χ1v) is 7.19. The zero-order chi connectivity index (χ0) is 14.5. The zero-order valence-corrected chi connectivity index (χ0v) is 12.7. The van der Waals surface area contributed by atoms with Gasteiger partial charge in [0.05, 0.1) is 6.54 Å². The highest BCUT2D eigenvalue weighted by Gasteiger charge is 2.14. The predicted molar refractivity (Wildman–Crippen MR) is 82.8 cm³/mol. The lowest BCUT2D eigenvalue weighted by molar-refractivity contribution is 0.0998. The third-order valence-electron chi connectivity index (χ3n) is 3.06. The molecule has 2 rings (SSSR count). The molecular weight excluding hydrogens is 321 g/mol. The maximum Gasteiger partial charge on any atom is 0.183 e.